The topological polar surface area (TPSA) is 90.0 Å². The average Bonchev–Trinajstić information content (AvgIpc) is 2.98. The van der Waals surface area contributed by atoms with E-state index in [1.54, 1.807) is 6.07 Å². The van der Waals surface area contributed by atoms with Gasteiger partial charge in [0, 0.05) is 5.69 Å². The van der Waals surface area contributed by atoms with Gasteiger partial charge in [0.25, 0.3) is 5.91 Å². The van der Waals surface area contributed by atoms with Crippen molar-refractivity contribution < 1.29 is 9.59 Å². The number of carbonyl (C=O) groups excluding carboxylic acids is 2. The maximum Gasteiger partial charge on any atom is 0.272 e. The minimum atomic E-state index is -0.468. The Morgan fingerprint density at radius 3 is 2.40 bits per heavy atom. The number of rotatable bonds is 8. The van der Waals surface area contributed by atoms with E-state index in [1.807, 2.05) is 41.9 Å². The summed E-state index contributed by atoms with van der Waals surface area (Å²) < 4.78 is 1.90. The number of benzene rings is 1. The first kappa shape index (κ1) is 18.7. The van der Waals surface area contributed by atoms with E-state index in [2.05, 4.69) is 24.3 Å². The van der Waals surface area contributed by atoms with E-state index < -0.39 is 11.9 Å². The van der Waals surface area contributed by atoms with Crippen molar-refractivity contribution in [3.05, 3.63) is 53.3 Å². The number of carbonyl (C=O) groups is 2. The Balaban J connectivity index is 2.21. The molecule has 2 aromatic rings. The van der Waals surface area contributed by atoms with Crippen molar-refractivity contribution in [2.75, 3.05) is 0 Å². The average molecular weight is 342 g/mol. The molecule has 0 saturated carbocycles. The highest BCUT2D eigenvalue weighted by atomic mass is 16.2. The highest BCUT2D eigenvalue weighted by Crippen LogP contribution is 2.20. The van der Waals surface area contributed by atoms with Crippen molar-refractivity contribution in [2.45, 2.75) is 52.1 Å². The summed E-state index contributed by atoms with van der Waals surface area (Å²) in [6.45, 7) is 6.15. The highest BCUT2D eigenvalue weighted by molar-refractivity contribution is 5.93. The Labute approximate surface area is 148 Å². The van der Waals surface area contributed by atoms with E-state index in [9.17, 15) is 9.59 Å². The molecule has 1 aromatic carbocycles. The van der Waals surface area contributed by atoms with Crippen LogP contribution in [0, 0.1) is 6.92 Å². The standard InChI is InChI=1S/C19H26N4O2/c1-4-15(5-2)23-13(3)11-17(22-23)19(25)21-16(12-18(20)24)14-9-7-6-8-10-14/h6-11,15-16H,4-5,12H2,1-3H3,(H2,20,24)(H,21,25)/t16-/m0/s1. The lowest BCUT2D eigenvalue weighted by molar-refractivity contribution is -0.118. The van der Waals surface area contributed by atoms with E-state index in [0.29, 0.717) is 5.69 Å². The molecule has 0 radical (unpaired) electrons. The van der Waals surface area contributed by atoms with Crippen LogP contribution in [0.5, 0.6) is 0 Å². The van der Waals surface area contributed by atoms with Gasteiger partial charge in [-0.1, -0.05) is 44.2 Å². The van der Waals surface area contributed by atoms with Crippen LogP contribution in [0.15, 0.2) is 36.4 Å². The molecule has 1 aromatic heterocycles. The molecule has 6 nitrogen and oxygen atoms in total. The number of hydrogen-bond donors (Lipinski definition) is 2. The maximum atomic E-state index is 12.6. The number of primary amides is 1. The molecule has 0 saturated heterocycles. The fourth-order valence-corrected chi connectivity index (χ4v) is 2.97. The summed E-state index contributed by atoms with van der Waals surface area (Å²) in [5, 5.41) is 7.35. The van der Waals surface area contributed by atoms with Crippen molar-refractivity contribution in [1.29, 1.82) is 0 Å². The number of amides is 2. The predicted octanol–water partition coefficient (Wildman–Crippen LogP) is 2.90. The first-order valence-electron chi connectivity index (χ1n) is 8.66. The lowest BCUT2D eigenvalue weighted by atomic mass is 10.0. The lowest BCUT2D eigenvalue weighted by Crippen LogP contribution is -2.32. The van der Waals surface area contributed by atoms with Crippen molar-refractivity contribution >= 4 is 11.8 Å². The van der Waals surface area contributed by atoms with Gasteiger partial charge in [-0.25, -0.2) is 0 Å². The summed E-state index contributed by atoms with van der Waals surface area (Å²) in [4.78, 5) is 24.0. The number of nitrogens with zero attached hydrogens (tertiary/aromatic N) is 2. The van der Waals surface area contributed by atoms with E-state index in [1.165, 1.54) is 0 Å². The van der Waals surface area contributed by atoms with Gasteiger partial charge in [0.1, 0.15) is 5.69 Å². The molecule has 2 rings (SSSR count). The zero-order valence-corrected chi connectivity index (χ0v) is 15.0. The van der Waals surface area contributed by atoms with E-state index in [0.717, 1.165) is 24.1 Å². The summed E-state index contributed by atoms with van der Waals surface area (Å²) in [5.41, 5.74) is 7.48. The maximum absolute atomic E-state index is 12.6. The summed E-state index contributed by atoms with van der Waals surface area (Å²) in [5.74, 6) is -0.768. The molecular formula is C19H26N4O2. The SMILES string of the molecule is CCC(CC)n1nc(C(=O)N[C@@H](CC(N)=O)c2ccccc2)cc1C. The number of hydrogen-bond acceptors (Lipinski definition) is 3. The molecule has 1 atom stereocenters. The molecule has 2 amide bonds. The van der Waals surface area contributed by atoms with Crippen LogP contribution in [0.3, 0.4) is 0 Å². The minimum Gasteiger partial charge on any atom is -0.370 e. The Kier molecular flexibility index (Phi) is 6.33. The molecule has 0 aliphatic carbocycles. The van der Waals surface area contributed by atoms with Crippen LogP contribution in [0.4, 0.5) is 0 Å². The van der Waals surface area contributed by atoms with Gasteiger partial charge in [-0.15, -0.1) is 0 Å². The molecule has 25 heavy (non-hydrogen) atoms. The largest absolute Gasteiger partial charge is 0.370 e. The van der Waals surface area contributed by atoms with Gasteiger partial charge in [0.15, 0.2) is 0 Å². The second-order valence-electron chi connectivity index (χ2n) is 6.19. The second-order valence-corrected chi connectivity index (χ2v) is 6.19. The molecule has 0 aliphatic rings. The molecule has 0 aliphatic heterocycles. The third-order valence-corrected chi connectivity index (χ3v) is 4.36. The zero-order valence-electron chi connectivity index (χ0n) is 15.0. The van der Waals surface area contributed by atoms with E-state index >= 15 is 0 Å². The Morgan fingerprint density at radius 1 is 1.20 bits per heavy atom. The summed E-state index contributed by atoms with van der Waals surface area (Å²) in [6.07, 6.45) is 1.95. The fourth-order valence-electron chi connectivity index (χ4n) is 2.97. The Bertz CT molecular complexity index is 720. The smallest absolute Gasteiger partial charge is 0.272 e. The van der Waals surface area contributed by atoms with Crippen LogP contribution in [0.1, 0.15) is 66.9 Å². The van der Waals surface area contributed by atoms with Crippen LogP contribution in [0.25, 0.3) is 0 Å². The summed E-state index contributed by atoms with van der Waals surface area (Å²) in [6, 6.07) is 10.9. The van der Waals surface area contributed by atoms with Crippen molar-refractivity contribution in [1.82, 2.24) is 15.1 Å². The van der Waals surface area contributed by atoms with Gasteiger partial charge in [0.2, 0.25) is 5.91 Å². The summed E-state index contributed by atoms with van der Waals surface area (Å²) >= 11 is 0. The molecule has 6 heteroatoms. The van der Waals surface area contributed by atoms with Crippen LogP contribution in [0.2, 0.25) is 0 Å². The second kappa shape index (κ2) is 8.46. The Hall–Kier alpha value is -2.63. The molecule has 134 valence electrons. The summed E-state index contributed by atoms with van der Waals surface area (Å²) in [7, 11) is 0. The van der Waals surface area contributed by atoms with Gasteiger partial charge in [-0.05, 0) is 31.4 Å². The van der Waals surface area contributed by atoms with Crippen molar-refractivity contribution in [2.24, 2.45) is 5.73 Å². The van der Waals surface area contributed by atoms with E-state index in [-0.39, 0.29) is 18.4 Å². The molecule has 1 heterocycles. The minimum absolute atomic E-state index is 0.0436. The van der Waals surface area contributed by atoms with Crippen molar-refractivity contribution in [3.63, 3.8) is 0 Å². The molecule has 0 unspecified atom stereocenters. The normalized spacial score (nSPS) is 12.2. The first-order chi connectivity index (χ1) is 12.0. The molecule has 3 N–H and O–H groups in total. The van der Waals surface area contributed by atoms with Gasteiger partial charge in [-0.3, -0.25) is 14.3 Å². The Morgan fingerprint density at radius 2 is 1.84 bits per heavy atom. The molecule has 0 bridgehead atoms. The van der Waals surface area contributed by atoms with E-state index in [4.69, 9.17) is 5.73 Å². The van der Waals surface area contributed by atoms with Gasteiger partial charge < -0.3 is 11.1 Å². The third-order valence-electron chi connectivity index (χ3n) is 4.36. The number of aryl methyl sites for hydroxylation is 1. The first-order valence-corrected chi connectivity index (χ1v) is 8.66. The van der Waals surface area contributed by atoms with Crippen LogP contribution >= 0.6 is 0 Å². The molecular weight excluding hydrogens is 316 g/mol. The van der Waals surface area contributed by atoms with Gasteiger partial charge in [-0.2, -0.15) is 5.10 Å². The van der Waals surface area contributed by atoms with Crippen molar-refractivity contribution in [3.8, 4) is 0 Å². The number of nitrogens with one attached hydrogen (secondary N) is 1. The van der Waals surface area contributed by atoms with Crippen LogP contribution in [-0.4, -0.2) is 21.6 Å². The molecule has 0 spiro atoms. The predicted molar refractivity (Wildman–Crippen MR) is 97.0 cm³/mol. The van der Waals surface area contributed by atoms with Gasteiger partial charge in [0.05, 0.1) is 18.5 Å². The third kappa shape index (κ3) is 4.68. The quantitative estimate of drug-likeness (QED) is 0.773. The van der Waals surface area contributed by atoms with Gasteiger partial charge >= 0.3 is 0 Å². The van der Waals surface area contributed by atoms with Crippen LogP contribution in [-0.2, 0) is 4.79 Å². The zero-order chi connectivity index (χ0) is 18.4. The lowest BCUT2D eigenvalue weighted by Gasteiger charge is -2.17. The van der Waals surface area contributed by atoms with Crippen LogP contribution < -0.4 is 11.1 Å². The fraction of sp³-hybridized carbons (Fsp3) is 0.421. The monoisotopic (exact) mass is 342 g/mol. The number of nitrogens with two attached hydrogens (primary N) is 1. The molecule has 0 fully saturated rings. The number of aromatic nitrogens is 2. The highest BCUT2D eigenvalue weighted by Gasteiger charge is 2.21.